The summed E-state index contributed by atoms with van der Waals surface area (Å²) in [6.45, 7) is 6.00. The van der Waals surface area contributed by atoms with E-state index >= 15 is 0 Å². The van der Waals surface area contributed by atoms with E-state index in [4.69, 9.17) is 21.1 Å². The van der Waals surface area contributed by atoms with Crippen molar-refractivity contribution in [2.45, 2.75) is 39.0 Å². The molecule has 0 saturated carbocycles. The van der Waals surface area contributed by atoms with Crippen LogP contribution >= 0.6 is 11.6 Å². The number of benzene rings is 3. The van der Waals surface area contributed by atoms with Crippen molar-refractivity contribution < 1.29 is 23.9 Å². The Morgan fingerprint density at radius 2 is 1.39 bits per heavy atom. The predicted octanol–water partition coefficient (Wildman–Crippen LogP) is 6.33. The second-order valence-electron chi connectivity index (χ2n) is 9.14. The van der Waals surface area contributed by atoms with Gasteiger partial charge in [0.15, 0.2) is 6.61 Å². The first-order valence-electron chi connectivity index (χ1n) is 11.5. The molecular formula is C28H29ClN2O5. The average Bonchev–Trinajstić information content (AvgIpc) is 2.84. The fourth-order valence-electron chi connectivity index (χ4n) is 3.17. The van der Waals surface area contributed by atoms with E-state index in [0.717, 1.165) is 5.75 Å². The van der Waals surface area contributed by atoms with Gasteiger partial charge in [0.2, 0.25) is 5.91 Å². The molecule has 0 aliphatic rings. The molecule has 3 aromatic carbocycles. The summed E-state index contributed by atoms with van der Waals surface area (Å²) >= 11 is 5.97. The third kappa shape index (κ3) is 8.43. The molecular weight excluding hydrogens is 480 g/mol. The number of halogens is 1. The predicted molar refractivity (Wildman–Crippen MR) is 141 cm³/mol. The number of ether oxygens (including phenoxy) is 2. The summed E-state index contributed by atoms with van der Waals surface area (Å²) in [5.41, 5.74) is 2.29. The number of carbonyl (C=O) groups is 3. The number of carbonyl (C=O) groups excluding carboxylic acids is 3. The van der Waals surface area contributed by atoms with Gasteiger partial charge in [0.25, 0.3) is 5.91 Å². The van der Waals surface area contributed by atoms with E-state index < -0.39 is 18.5 Å². The van der Waals surface area contributed by atoms with Crippen LogP contribution in [-0.4, -0.2) is 24.4 Å². The SMILES string of the molecule is CC(C)(C)c1ccc(Oc2ccc(NC(=O)CCC(=O)OCC(=O)Nc3ccccc3Cl)cc2)cc1. The molecule has 0 unspecified atom stereocenters. The fraction of sp³-hybridized carbons (Fsp3) is 0.250. The Morgan fingerprint density at radius 3 is 2.00 bits per heavy atom. The third-order valence-corrected chi connectivity index (χ3v) is 5.49. The van der Waals surface area contributed by atoms with E-state index in [0.29, 0.717) is 22.1 Å². The van der Waals surface area contributed by atoms with Crippen molar-refractivity contribution in [3.63, 3.8) is 0 Å². The molecule has 0 spiro atoms. The van der Waals surface area contributed by atoms with Crippen LogP contribution in [0.25, 0.3) is 0 Å². The fourth-order valence-corrected chi connectivity index (χ4v) is 3.35. The van der Waals surface area contributed by atoms with Crippen LogP contribution in [0.15, 0.2) is 72.8 Å². The summed E-state index contributed by atoms with van der Waals surface area (Å²) in [5.74, 6) is -0.165. The van der Waals surface area contributed by atoms with Gasteiger partial charge in [-0.3, -0.25) is 14.4 Å². The summed E-state index contributed by atoms with van der Waals surface area (Å²) in [6, 6.07) is 21.6. The van der Waals surface area contributed by atoms with E-state index in [-0.39, 0.29) is 24.2 Å². The van der Waals surface area contributed by atoms with Crippen molar-refractivity contribution in [3.05, 3.63) is 83.4 Å². The molecule has 3 aromatic rings. The maximum Gasteiger partial charge on any atom is 0.306 e. The summed E-state index contributed by atoms with van der Waals surface area (Å²) in [5, 5.41) is 5.65. The van der Waals surface area contributed by atoms with Crippen molar-refractivity contribution in [2.24, 2.45) is 0 Å². The minimum atomic E-state index is -0.652. The molecule has 188 valence electrons. The monoisotopic (exact) mass is 508 g/mol. The maximum absolute atomic E-state index is 12.2. The lowest BCUT2D eigenvalue weighted by atomic mass is 9.87. The number of amides is 2. The van der Waals surface area contributed by atoms with E-state index in [1.807, 2.05) is 24.3 Å². The van der Waals surface area contributed by atoms with Gasteiger partial charge in [-0.25, -0.2) is 0 Å². The van der Waals surface area contributed by atoms with Crippen molar-refractivity contribution in [2.75, 3.05) is 17.2 Å². The molecule has 0 aromatic heterocycles. The first-order chi connectivity index (χ1) is 17.1. The lowest BCUT2D eigenvalue weighted by Gasteiger charge is -2.19. The van der Waals surface area contributed by atoms with Crippen LogP contribution in [0.2, 0.25) is 5.02 Å². The third-order valence-electron chi connectivity index (χ3n) is 5.16. The van der Waals surface area contributed by atoms with Gasteiger partial charge in [-0.2, -0.15) is 0 Å². The summed E-state index contributed by atoms with van der Waals surface area (Å²) in [7, 11) is 0. The Hall–Kier alpha value is -3.84. The zero-order chi connectivity index (χ0) is 26.1. The highest BCUT2D eigenvalue weighted by molar-refractivity contribution is 6.33. The highest BCUT2D eigenvalue weighted by atomic mass is 35.5. The molecule has 0 bridgehead atoms. The first-order valence-corrected chi connectivity index (χ1v) is 11.9. The van der Waals surface area contributed by atoms with Crippen LogP contribution in [0.3, 0.4) is 0 Å². The standard InChI is InChI=1S/C28H29ClN2O5/c1-28(2,3)19-8-12-21(13-9-19)36-22-14-10-20(11-15-22)30-25(32)16-17-27(34)35-18-26(33)31-24-7-5-4-6-23(24)29/h4-15H,16-18H2,1-3H3,(H,30,32)(H,31,33). The van der Waals surface area contributed by atoms with E-state index in [1.165, 1.54) is 5.56 Å². The number of nitrogens with one attached hydrogen (secondary N) is 2. The summed E-state index contributed by atoms with van der Waals surface area (Å²) in [4.78, 5) is 36.0. The van der Waals surface area contributed by atoms with E-state index in [2.05, 4.69) is 31.4 Å². The highest BCUT2D eigenvalue weighted by Gasteiger charge is 2.14. The Morgan fingerprint density at radius 1 is 0.778 bits per heavy atom. The molecule has 7 nitrogen and oxygen atoms in total. The second-order valence-corrected chi connectivity index (χ2v) is 9.54. The van der Waals surface area contributed by atoms with Crippen LogP contribution < -0.4 is 15.4 Å². The molecule has 0 atom stereocenters. The van der Waals surface area contributed by atoms with Crippen molar-refractivity contribution in [1.29, 1.82) is 0 Å². The molecule has 2 amide bonds. The van der Waals surface area contributed by atoms with Gasteiger partial charge in [-0.05, 0) is 59.5 Å². The molecule has 2 N–H and O–H groups in total. The zero-order valence-electron chi connectivity index (χ0n) is 20.5. The first kappa shape index (κ1) is 26.8. The number of rotatable bonds is 9. The molecule has 36 heavy (non-hydrogen) atoms. The quantitative estimate of drug-likeness (QED) is 0.329. The molecule has 0 aliphatic carbocycles. The Balaban J connectivity index is 1.38. The smallest absolute Gasteiger partial charge is 0.306 e. The van der Waals surface area contributed by atoms with Crippen LogP contribution in [0, 0.1) is 0 Å². The van der Waals surface area contributed by atoms with Gasteiger partial charge in [0.1, 0.15) is 11.5 Å². The Labute approximate surface area is 215 Å². The number of hydrogen-bond acceptors (Lipinski definition) is 5. The molecule has 0 fully saturated rings. The lowest BCUT2D eigenvalue weighted by Crippen LogP contribution is -2.22. The Bertz CT molecular complexity index is 1200. The van der Waals surface area contributed by atoms with Crippen LogP contribution in [-0.2, 0) is 24.5 Å². The van der Waals surface area contributed by atoms with Gasteiger partial charge in [-0.15, -0.1) is 0 Å². The normalized spacial score (nSPS) is 10.9. The molecule has 0 radical (unpaired) electrons. The van der Waals surface area contributed by atoms with E-state index in [9.17, 15) is 14.4 Å². The molecule has 0 saturated heterocycles. The minimum Gasteiger partial charge on any atom is -0.457 e. The van der Waals surface area contributed by atoms with Crippen molar-refractivity contribution in [3.8, 4) is 11.5 Å². The molecule has 0 aliphatic heterocycles. The van der Waals surface area contributed by atoms with Crippen LogP contribution in [0.4, 0.5) is 11.4 Å². The largest absolute Gasteiger partial charge is 0.457 e. The summed E-state index contributed by atoms with van der Waals surface area (Å²) in [6.07, 6.45) is -0.236. The molecule has 8 heteroatoms. The second kappa shape index (κ2) is 12.2. The Kier molecular flexibility index (Phi) is 9.08. The molecule has 0 heterocycles. The van der Waals surface area contributed by atoms with Crippen LogP contribution in [0.5, 0.6) is 11.5 Å². The molecule has 3 rings (SSSR count). The number of esters is 1. The van der Waals surface area contributed by atoms with Gasteiger partial charge in [0.05, 0.1) is 17.1 Å². The van der Waals surface area contributed by atoms with E-state index in [1.54, 1.807) is 48.5 Å². The minimum absolute atomic E-state index is 0.0704. The highest BCUT2D eigenvalue weighted by Crippen LogP contribution is 2.27. The van der Waals surface area contributed by atoms with Gasteiger partial charge >= 0.3 is 5.97 Å². The maximum atomic E-state index is 12.2. The average molecular weight is 509 g/mol. The van der Waals surface area contributed by atoms with Crippen LogP contribution in [0.1, 0.15) is 39.2 Å². The lowest BCUT2D eigenvalue weighted by molar-refractivity contribution is -0.147. The topological polar surface area (TPSA) is 93.7 Å². The summed E-state index contributed by atoms with van der Waals surface area (Å²) < 4.78 is 10.8. The van der Waals surface area contributed by atoms with Gasteiger partial charge < -0.3 is 20.1 Å². The number of hydrogen-bond donors (Lipinski definition) is 2. The van der Waals surface area contributed by atoms with Gasteiger partial charge in [0, 0.05) is 12.1 Å². The number of para-hydroxylation sites is 1. The van der Waals surface area contributed by atoms with Gasteiger partial charge in [-0.1, -0.05) is 56.6 Å². The number of anilines is 2. The van der Waals surface area contributed by atoms with Crippen molar-refractivity contribution in [1.82, 2.24) is 0 Å². The zero-order valence-corrected chi connectivity index (χ0v) is 21.2. The van der Waals surface area contributed by atoms with Crippen molar-refractivity contribution >= 4 is 40.8 Å².